The van der Waals surface area contributed by atoms with Crippen LogP contribution in [0.15, 0.2) is 24.3 Å². The molecule has 6 heteroatoms. The minimum absolute atomic E-state index is 0.0376. The van der Waals surface area contributed by atoms with Gasteiger partial charge in [-0.3, -0.25) is 9.59 Å². The molecule has 0 saturated carbocycles. The topological polar surface area (TPSA) is 77.8 Å². The highest BCUT2D eigenvalue weighted by Gasteiger charge is 2.20. The first-order chi connectivity index (χ1) is 9.43. The summed E-state index contributed by atoms with van der Waals surface area (Å²) < 4.78 is 12.8. The summed E-state index contributed by atoms with van der Waals surface area (Å²) in [6.07, 6.45) is 0.0482. The molecular weight excluding hydrogens is 265 g/mol. The normalized spacial score (nSPS) is 11.9. The van der Waals surface area contributed by atoms with E-state index in [2.05, 4.69) is 0 Å². The Kier molecular flexibility index (Phi) is 6.11. The third kappa shape index (κ3) is 4.97. The van der Waals surface area contributed by atoms with Crippen LogP contribution in [0.2, 0.25) is 0 Å². The Labute approximate surface area is 116 Å². The lowest BCUT2D eigenvalue weighted by molar-refractivity contribution is -0.143. The van der Waals surface area contributed by atoms with E-state index in [1.54, 1.807) is 0 Å². The number of aliphatic hydroxyl groups is 1. The maximum absolute atomic E-state index is 12.8. The number of carbonyl (C=O) groups is 2. The fraction of sp³-hybridized carbons (Fsp3) is 0.429. The highest BCUT2D eigenvalue weighted by Crippen LogP contribution is 2.07. The quantitative estimate of drug-likeness (QED) is 0.779. The van der Waals surface area contributed by atoms with Gasteiger partial charge in [-0.25, -0.2) is 4.39 Å². The van der Waals surface area contributed by atoms with Crippen molar-refractivity contribution in [1.82, 2.24) is 4.90 Å². The smallest absolute Gasteiger partial charge is 0.308 e. The predicted octanol–water partition coefficient (Wildman–Crippen LogP) is 0.910. The van der Waals surface area contributed by atoms with Gasteiger partial charge in [-0.15, -0.1) is 0 Å². The predicted molar refractivity (Wildman–Crippen MR) is 70.6 cm³/mol. The number of rotatable bonds is 7. The summed E-state index contributed by atoms with van der Waals surface area (Å²) in [5.41, 5.74) is 0.641. The Morgan fingerprint density at radius 1 is 1.30 bits per heavy atom. The summed E-state index contributed by atoms with van der Waals surface area (Å²) in [7, 11) is 0. The fourth-order valence-corrected chi connectivity index (χ4v) is 1.74. The van der Waals surface area contributed by atoms with Gasteiger partial charge in [0.05, 0.1) is 18.9 Å². The van der Waals surface area contributed by atoms with Crippen LogP contribution >= 0.6 is 0 Å². The summed E-state index contributed by atoms with van der Waals surface area (Å²) >= 11 is 0. The summed E-state index contributed by atoms with van der Waals surface area (Å²) in [5.74, 6) is -2.38. The molecule has 0 aromatic heterocycles. The van der Waals surface area contributed by atoms with Crippen LogP contribution < -0.4 is 0 Å². The zero-order valence-corrected chi connectivity index (χ0v) is 11.3. The number of carbonyl (C=O) groups excluding carboxylic acids is 1. The van der Waals surface area contributed by atoms with Crippen molar-refractivity contribution < 1.29 is 24.2 Å². The first kappa shape index (κ1) is 16.1. The second-order valence-electron chi connectivity index (χ2n) is 4.61. The summed E-state index contributed by atoms with van der Waals surface area (Å²) in [5, 5.41) is 17.8. The van der Waals surface area contributed by atoms with Gasteiger partial charge in [0, 0.05) is 13.1 Å². The lowest BCUT2D eigenvalue weighted by Gasteiger charge is -2.23. The molecule has 1 aromatic rings. The summed E-state index contributed by atoms with van der Waals surface area (Å²) in [4.78, 5) is 24.2. The molecule has 1 amide bonds. The summed E-state index contributed by atoms with van der Waals surface area (Å²) in [6.45, 7) is 1.38. The fourth-order valence-electron chi connectivity index (χ4n) is 1.74. The molecule has 0 heterocycles. The Morgan fingerprint density at radius 2 is 1.90 bits per heavy atom. The zero-order valence-electron chi connectivity index (χ0n) is 11.3. The first-order valence-corrected chi connectivity index (χ1v) is 6.30. The van der Waals surface area contributed by atoms with Crippen LogP contribution in [0.25, 0.3) is 0 Å². The molecule has 0 aliphatic rings. The van der Waals surface area contributed by atoms with Crippen molar-refractivity contribution >= 4 is 11.9 Å². The molecule has 1 aromatic carbocycles. The molecule has 0 spiro atoms. The molecule has 0 fully saturated rings. The molecule has 0 aliphatic carbocycles. The van der Waals surface area contributed by atoms with E-state index in [-0.39, 0.29) is 37.8 Å². The third-order valence-electron chi connectivity index (χ3n) is 2.91. The number of carboxylic acids is 1. The number of hydrogen-bond donors (Lipinski definition) is 2. The highest BCUT2D eigenvalue weighted by atomic mass is 19.1. The lowest BCUT2D eigenvalue weighted by Crippen LogP contribution is -2.39. The van der Waals surface area contributed by atoms with Gasteiger partial charge in [-0.2, -0.15) is 0 Å². The maximum atomic E-state index is 12.8. The maximum Gasteiger partial charge on any atom is 0.308 e. The van der Waals surface area contributed by atoms with Crippen molar-refractivity contribution in [3.05, 3.63) is 35.6 Å². The molecule has 1 rings (SSSR count). The minimum Gasteiger partial charge on any atom is -0.481 e. The van der Waals surface area contributed by atoms with Crippen LogP contribution in [0, 0.1) is 11.7 Å². The minimum atomic E-state index is -0.998. The number of aliphatic carboxylic acids is 1. The SMILES string of the molecule is CC(CN(CCO)C(=O)Cc1ccc(F)cc1)C(=O)O. The number of carboxylic acid groups (broad SMARTS) is 1. The Morgan fingerprint density at radius 3 is 2.40 bits per heavy atom. The Bertz CT molecular complexity index is 461. The third-order valence-corrected chi connectivity index (χ3v) is 2.91. The van der Waals surface area contributed by atoms with E-state index in [0.29, 0.717) is 5.56 Å². The largest absolute Gasteiger partial charge is 0.481 e. The Hall–Kier alpha value is -1.95. The molecule has 0 bridgehead atoms. The van der Waals surface area contributed by atoms with Crippen LogP contribution in [0.5, 0.6) is 0 Å². The van der Waals surface area contributed by atoms with Crippen molar-refractivity contribution in [2.24, 2.45) is 5.92 Å². The van der Waals surface area contributed by atoms with E-state index < -0.39 is 11.9 Å². The van der Waals surface area contributed by atoms with Crippen molar-refractivity contribution in [1.29, 1.82) is 0 Å². The molecule has 110 valence electrons. The van der Waals surface area contributed by atoms with Crippen molar-refractivity contribution in [2.45, 2.75) is 13.3 Å². The highest BCUT2D eigenvalue weighted by molar-refractivity contribution is 5.79. The van der Waals surface area contributed by atoms with Crippen molar-refractivity contribution in [2.75, 3.05) is 19.7 Å². The molecule has 0 saturated heterocycles. The number of aliphatic hydroxyl groups excluding tert-OH is 1. The second-order valence-corrected chi connectivity index (χ2v) is 4.61. The van der Waals surface area contributed by atoms with Crippen LogP contribution in [0.3, 0.4) is 0 Å². The number of hydrogen-bond acceptors (Lipinski definition) is 3. The monoisotopic (exact) mass is 283 g/mol. The van der Waals surface area contributed by atoms with E-state index in [4.69, 9.17) is 10.2 Å². The molecule has 0 aliphatic heterocycles. The second kappa shape index (κ2) is 7.59. The summed E-state index contributed by atoms with van der Waals surface area (Å²) in [6, 6.07) is 5.54. The van der Waals surface area contributed by atoms with Crippen LogP contribution in [-0.2, 0) is 16.0 Å². The number of benzene rings is 1. The van der Waals surface area contributed by atoms with Crippen LogP contribution in [0.4, 0.5) is 4.39 Å². The first-order valence-electron chi connectivity index (χ1n) is 6.30. The molecule has 5 nitrogen and oxygen atoms in total. The van der Waals surface area contributed by atoms with E-state index in [0.717, 1.165) is 0 Å². The van der Waals surface area contributed by atoms with E-state index in [9.17, 15) is 14.0 Å². The standard InChI is InChI=1S/C14H18FNO4/c1-10(14(19)20)9-16(6-7-17)13(18)8-11-2-4-12(15)5-3-11/h2-5,10,17H,6-9H2,1H3,(H,19,20). The Balaban J connectivity index is 2.68. The lowest BCUT2D eigenvalue weighted by atomic mass is 10.1. The van der Waals surface area contributed by atoms with Gasteiger partial charge >= 0.3 is 5.97 Å². The van der Waals surface area contributed by atoms with Gasteiger partial charge in [0.1, 0.15) is 5.82 Å². The molecule has 1 unspecified atom stereocenters. The number of amides is 1. The van der Waals surface area contributed by atoms with Crippen molar-refractivity contribution in [3.63, 3.8) is 0 Å². The number of halogens is 1. The molecule has 1 atom stereocenters. The molecule has 0 radical (unpaired) electrons. The van der Waals surface area contributed by atoms with Gasteiger partial charge < -0.3 is 15.1 Å². The zero-order chi connectivity index (χ0) is 15.1. The van der Waals surface area contributed by atoms with Gasteiger partial charge in [0.25, 0.3) is 0 Å². The van der Waals surface area contributed by atoms with Crippen molar-refractivity contribution in [3.8, 4) is 0 Å². The van der Waals surface area contributed by atoms with E-state index in [1.807, 2.05) is 0 Å². The van der Waals surface area contributed by atoms with Crippen LogP contribution in [-0.4, -0.2) is 46.7 Å². The van der Waals surface area contributed by atoms with E-state index >= 15 is 0 Å². The van der Waals surface area contributed by atoms with Gasteiger partial charge in [-0.05, 0) is 17.7 Å². The number of nitrogens with zero attached hydrogens (tertiary/aromatic N) is 1. The van der Waals surface area contributed by atoms with Gasteiger partial charge in [0.2, 0.25) is 5.91 Å². The van der Waals surface area contributed by atoms with Crippen LogP contribution in [0.1, 0.15) is 12.5 Å². The average Bonchev–Trinajstić information content (AvgIpc) is 2.40. The van der Waals surface area contributed by atoms with Gasteiger partial charge in [0.15, 0.2) is 0 Å². The van der Waals surface area contributed by atoms with E-state index in [1.165, 1.54) is 36.1 Å². The van der Waals surface area contributed by atoms with Gasteiger partial charge in [-0.1, -0.05) is 19.1 Å². The molecule has 20 heavy (non-hydrogen) atoms. The molecular formula is C14H18FNO4. The average molecular weight is 283 g/mol. The molecule has 2 N–H and O–H groups in total.